The average Bonchev–Trinajstić information content (AvgIpc) is 2.98. The van der Waals surface area contributed by atoms with Gasteiger partial charge in [-0.3, -0.25) is 9.59 Å². The third-order valence-electron chi connectivity index (χ3n) is 5.95. The van der Waals surface area contributed by atoms with Crippen LogP contribution in [-0.2, 0) is 0 Å². The van der Waals surface area contributed by atoms with E-state index >= 15 is 0 Å². The number of halogens is 2. The van der Waals surface area contributed by atoms with Crippen LogP contribution in [0.3, 0.4) is 0 Å². The largest absolute Gasteiger partial charge is 0.494 e. The minimum atomic E-state index is -0.0845. The molecule has 40 heavy (non-hydrogen) atoms. The number of hydrogen-bond acceptors (Lipinski definition) is 4. The summed E-state index contributed by atoms with van der Waals surface area (Å²) in [4.78, 5) is 25.2. The lowest BCUT2D eigenvalue weighted by molar-refractivity contribution is 0.103. The van der Waals surface area contributed by atoms with E-state index in [2.05, 4.69) is 31.9 Å². The molecule has 0 bridgehead atoms. The summed E-state index contributed by atoms with van der Waals surface area (Å²) >= 11 is 6.98. The summed E-state index contributed by atoms with van der Waals surface area (Å²) in [5.41, 5.74) is 3.03. The summed E-state index contributed by atoms with van der Waals surface area (Å²) in [5.74, 6) is 1.14. The van der Waals surface area contributed by atoms with Gasteiger partial charge in [-0.15, -0.1) is 0 Å². The molecule has 6 heteroatoms. The molecule has 0 atom stereocenters. The zero-order valence-corrected chi connectivity index (χ0v) is 24.9. The molecule has 4 aromatic carbocycles. The second-order valence-corrected chi connectivity index (χ2v) is 10.6. The van der Waals surface area contributed by atoms with Crippen LogP contribution in [0, 0.1) is 0 Å². The van der Waals surface area contributed by atoms with Crippen molar-refractivity contribution in [3.05, 3.63) is 140 Å². The first-order chi connectivity index (χ1) is 19.5. The topological polar surface area (TPSA) is 52.6 Å². The van der Waals surface area contributed by atoms with Gasteiger partial charge in [0.1, 0.15) is 11.5 Å². The molecule has 0 unspecified atom stereocenters. The van der Waals surface area contributed by atoms with Crippen LogP contribution in [0.1, 0.15) is 44.7 Å². The van der Waals surface area contributed by atoms with Crippen molar-refractivity contribution in [1.82, 2.24) is 0 Å². The van der Waals surface area contributed by atoms with Crippen LogP contribution in [0.4, 0.5) is 0 Å². The smallest absolute Gasteiger partial charge is 0.185 e. The number of allylic oxidation sites excluding steroid dienone is 2. The van der Waals surface area contributed by atoms with Crippen molar-refractivity contribution in [2.45, 2.75) is 12.8 Å². The zero-order chi connectivity index (χ0) is 28.2. The molecule has 0 aromatic heterocycles. The maximum atomic E-state index is 12.6. The molecule has 0 heterocycles. The van der Waals surface area contributed by atoms with Crippen molar-refractivity contribution in [1.29, 1.82) is 0 Å². The van der Waals surface area contributed by atoms with Crippen LogP contribution >= 0.6 is 31.9 Å². The van der Waals surface area contributed by atoms with Crippen molar-refractivity contribution in [3.8, 4) is 11.5 Å². The Kier molecular flexibility index (Phi) is 11.1. The normalized spacial score (nSPS) is 11.2. The maximum absolute atomic E-state index is 12.6. The summed E-state index contributed by atoms with van der Waals surface area (Å²) in [7, 11) is 0. The van der Waals surface area contributed by atoms with E-state index in [4.69, 9.17) is 9.47 Å². The number of carbonyl (C=O) groups excluding carboxylic acids is 2. The fraction of sp³-hybridized carbons (Fsp3) is 0.118. The molecule has 4 aromatic rings. The first-order valence-electron chi connectivity index (χ1n) is 12.9. The highest BCUT2D eigenvalue weighted by Gasteiger charge is 2.06. The average molecular weight is 660 g/mol. The molecule has 0 radical (unpaired) electrons. The highest BCUT2D eigenvalue weighted by atomic mass is 79.9. The number of benzene rings is 4. The van der Waals surface area contributed by atoms with Gasteiger partial charge in [-0.25, -0.2) is 0 Å². The van der Waals surface area contributed by atoms with Gasteiger partial charge < -0.3 is 9.47 Å². The molecule has 0 amide bonds. The van der Waals surface area contributed by atoms with Gasteiger partial charge in [-0.2, -0.15) is 0 Å². The van der Waals surface area contributed by atoms with E-state index in [9.17, 15) is 9.59 Å². The van der Waals surface area contributed by atoms with Gasteiger partial charge in [0.05, 0.1) is 13.2 Å². The van der Waals surface area contributed by atoms with Gasteiger partial charge in [0.25, 0.3) is 0 Å². The Morgan fingerprint density at radius 3 is 1.43 bits per heavy atom. The molecule has 0 saturated heterocycles. The lowest BCUT2D eigenvalue weighted by Crippen LogP contribution is -2.04. The number of ketones is 2. The van der Waals surface area contributed by atoms with Crippen LogP contribution in [0.5, 0.6) is 11.5 Å². The molecule has 0 aliphatic carbocycles. The van der Waals surface area contributed by atoms with E-state index in [0.717, 1.165) is 32.9 Å². The van der Waals surface area contributed by atoms with E-state index < -0.39 is 0 Å². The SMILES string of the molecule is O=C(/C=C/c1ccccc1Br)c1cccc(OCCCCOc2cccc(C(=O)/C=C/c3ccccc3Br)c2)c1. The Morgan fingerprint density at radius 2 is 1.00 bits per heavy atom. The minimum Gasteiger partial charge on any atom is -0.494 e. The predicted molar refractivity (Wildman–Crippen MR) is 168 cm³/mol. The molecule has 0 fully saturated rings. The second-order valence-electron chi connectivity index (χ2n) is 8.90. The van der Waals surface area contributed by atoms with Crippen LogP contribution in [0.2, 0.25) is 0 Å². The Balaban J connectivity index is 1.20. The Hall–Kier alpha value is -3.74. The van der Waals surface area contributed by atoms with Gasteiger partial charge in [0, 0.05) is 20.1 Å². The van der Waals surface area contributed by atoms with Crippen LogP contribution in [0.25, 0.3) is 12.2 Å². The van der Waals surface area contributed by atoms with Gasteiger partial charge in [-0.05, 0) is 84.7 Å². The fourth-order valence-electron chi connectivity index (χ4n) is 3.81. The van der Waals surface area contributed by atoms with Crippen molar-refractivity contribution >= 4 is 55.6 Å². The molecule has 0 aliphatic heterocycles. The first kappa shape index (κ1) is 29.2. The van der Waals surface area contributed by atoms with E-state index in [0.29, 0.717) is 35.8 Å². The van der Waals surface area contributed by atoms with Crippen molar-refractivity contribution < 1.29 is 19.1 Å². The zero-order valence-electron chi connectivity index (χ0n) is 21.8. The summed E-state index contributed by atoms with van der Waals surface area (Å²) in [5, 5.41) is 0. The second kappa shape index (κ2) is 15.2. The molecular formula is C34H28Br2O4. The lowest BCUT2D eigenvalue weighted by Gasteiger charge is -2.09. The standard InChI is InChI=1S/C34H28Br2O4/c35-31-15-3-1-9-25(31)17-19-33(37)27-11-7-13-29(23-27)39-21-5-6-22-40-30-14-8-12-28(24-30)34(38)20-18-26-10-2-4-16-32(26)36/h1-4,7-20,23-24H,5-6,21-22H2/b19-17+,20-18+. The number of unbranched alkanes of at least 4 members (excludes halogenated alkanes) is 1. The maximum Gasteiger partial charge on any atom is 0.185 e. The molecule has 0 aliphatic rings. The first-order valence-corrected chi connectivity index (χ1v) is 14.5. The molecular weight excluding hydrogens is 632 g/mol. The summed E-state index contributed by atoms with van der Waals surface area (Å²) in [6, 6.07) is 29.9. The van der Waals surface area contributed by atoms with Crippen LogP contribution in [-0.4, -0.2) is 24.8 Å². The third kappa shape index (κ3) is 8.90. The van der Waals surface area contributed by atoms with Gasteiger partial charge >= 0.3 is 0 Å². The molecule has 4 rings (SSSR count). The Labute approximate surface area is 251 Å². The number of rotatable bonds is 13. The Morgan fingerprint density at radius 1 is 0.575 bits per heavy atom. The van der Waals surface area contributed by atoms with E-state index in [-0.39, 0.29) is 11.6 Å². The molecule has 0 N–H and O–H groups in total. The Bertz CT molecular complexity index is 1410. The van der Waals surface area contributed by atoms with Crippen LogP contribution in [0.15, 0.2) is 118 Å². The van der Waals surface area contributed by atoms with Crippen molar-refractivity contribution in [2.24, 2.45) is 0 Å². The fourth-order valence-corrected chi connectivity index (χ4v) is 4.64. The quantitative estimate of drug-likeness (QED) is 0.0816. The van der Waals surface area contributed by atoms with Gasteiger partial charge in [0.2, 0.25) is 0 Å². The third-order valence-corrected chi connectivity index (χ3v) is 7.40. The number of hydrogen-bond donors (Lipinski definition) is 0. The van der Waals surface area contributed by atoms with E-state index in [1.165, 1.54) is 0 Å². The minimum absolute atomic E-state index is 0.0845. The van der Waals surface area contributed by atoms with Crippen LogP contribution < -0.4 is 9.47 Å². The molecule has 202 valence electrons. The molecule has 0 saturated carbocycles. The number of carbonyl (C=O) groups is 2. The highest BCUT2D eigenvalue weighted by Crippen LogP contribution is 2.20. The highest BCUT2D eigenvalue weighted by molar-refractivity contribution is 9.10. The summed E-state index contributed by atoms with van der Waals surface area (Å²) in [6.07, 6.45) is 8.30. The summed E-state index contributed by atoms with van der Waals surface area (Å²) in [6.45, 7) is 1.01. The monoisotopic (exact) mass is 658 g/mol. The van der Waals surface area contributed by atoms with Crippen molar-refractivity contribution in [2.75, 3.05) is 13.2 Å². The number of ether oxygens (including phenoxy) is 2. The van der Waals surface area contributed by atoms with E-state index in [1.54, 1.807) is 48.6 Å². The lowest BCUT2D eigenvalue weighted by atomic mass is 10.1. The van der Waals surface area contributed by atoms with Crippen molar-refractivity contribution in [3.63, 3.8) is 0 Å². The van der Waals surface area contributed by atoms with Gasteiger partial charge in [0.15, 0.2) is 11.6 Å². The van der Waals surface area contributed by atoms with Gasteiger partial charge in [-0.1, -0.05) is 92.5 Å². The van der Waals surface area contributed by atoms with E-state index in [1.807, 2.05) is 72.8 Å². The molecule has 0 spiro atoms. The molecule has 4 nitrogen and oxygen atoms in total. The summed E-state index contributed by atoms with van der Waals surface area (Å²) < 4.78 is 13.6. The predicted octanol–water partition coefficient (Wildman–Crippen LogP) is 9.24.